The maximum Gasteiger partial charge on any atom is 0.0594 e. The summed E-state index contributed by atoms with van der Waals surface area (Å²) in [5, 5.41) is 3.45. The largest absolute Gasteiger partial charge is 0.377 e. The van der Waals surface area contributed by atoms with Gasteiger partial charge in [-0.2, -0.15) is 0 Å². The van der Waals surface area contributed by atoms with E-state index in [1.807, 2.05) is 0 Å². The average molecular weight is 214 g/mol. The van der Waals surface area contributed by atoms with Crippen LogP contribution in [0.5, 0.6) is 0 Å². The fourth-order valence-corrected chi connectivity index (χ4v) is 1.99. The predicted molar refractivity (Wildman–Crippen MR) is 64.2 cm³/mol. The molecule has 0 aromatic rings. The van der Waals surface area contributed by atoms with Gasteiger partial charge in [-0.1, -0.05) is 0 Å². The van der Waals surface area contributed by atoms with Gasteiger partial charge in [0.15, 0.2) is 0 Å². The Hall–Kier alpha value is -0.120. The molecule has 0 aromatic carbocycles. The summed E-state index contributed by atoms with van der Waals surface area (Å²) in [7, 11) is 0. The Morgan fingerprint density at radius 3 is 2.47 bits per heavy atom. The summed E-state index contributed by atoms with van der Waals surface area (Å²) in [4.78, 5) is 2.57. The van der Waals surface area contributed by atoms with Gasteiger partial charge in [0, 0.05) is 19.1 Å². The first kappa shape index (κ1) is 12.9. The molecular weight excluding hydrogens is 188 g/mol. The Kier molecular flexibility index (Phi) is 6.22. The maximum atomic E-state index is 5.47. The number of likely N-dealkylation sites (tertiary alicyclic amines) is 1. The van der Waals surface area contributed by atoms with E-state index in [0.717, 1.165) is 19.7 Å². The van der Waals surface area contributed by atoms with Crippen LogP contribution in [0.15, 0.2) is 0 Å². The van der Waals surface area contributed by atoms with Crippen LogP contribution in [0, 0.1) is 0 Å². The highest BCUT2D eigenvalue weighted by molar-refractivity contribution is 4.74. The molecule has 1 saturated heterocycles. The predicted octanol–water partition coefficient (Wildman–Crippen LogP) is 1.49. The zero-order valence-corrected chi connectivity index (χ0v) is 10.5. The highest BCUT2D eigenvalue weighted by Gasteiger charge is 2.16. The molecule has 1 rings (SSSR count). The zero-order chi connectivity index (χ0) is 11.1. The first-order chi connectivity index (χ1) is 7.20. The molecule has 15 heavy (non-hydrogen) atoms. The average Bonchev–Trinajstić information content (AvgIpc) is 2.69. The van der Waals surface area contributed by atoms with Crippen molar-refractivity contribution in [3.63, 3.8) is 0 Å². The number of ether oxygens (including phenoxy) is 1. The molecule has 1 aliphatic heterocycles. The summed E-state index contributed by atoms with van der Waals surface area (Å²) >= 11 is 0. The third kappa shape index (κ3) is 5.50. The van der Waals surface area contributed by atoms with Crippen LogP contribution in [-0.2, 0) is 4.74 Å². The molecule has 0 saturated carbocycles. The molecule has 1 aliphatic rings. The van der Waals surface area contributed by atoms with E-state index in [0.29, 0.717) is 12.1 Å². The molecule has 3 heteroatoms. The fraction of sp³-hybridized carbons (Fsp3) is 1.00. The summed E-state index contributed by atoms with van der Waals surface area (Å²) in [5.74, 6) is 0. The van der Waals surface area contributed by atoms with Crippen LogP contribution >= 0.6 is 0 Å². The van der Waals surface area contributed by atoms with Gasteiger partial charge in [-0.3, -0.25) is 4.90 Å². The summed E-state index contributed by atoms with van der Waals surface area (Å²) in [6.07, 6.45) is 3.10. The Bertz CT molecular complexity index is 156. The van der Waals surface area contributed by atoms with Crippen LogP contribution in [0.1, 0.15) is 33.6 Å². The number of nitrogens with zero attached hydrogens (tertiary/aromatic N) is 1. The quantitative estimate of drug-likeness (QED) is 0.650. The third-order valence-corrected chi connectivity index (χ3v) is 2.93. The van der Waals surface area contributed by atoms with E-state index in [9.17, 15) is 0 Å². The van der Waals surface area contributed by atoms with Crippen molar-refractivity contribution in [2.24, 2.45) is 0 Å². The molecule has 0 radical (unpaired) electrons. The topological polar surface area (TPSA) is 24.5 Å². The number of nitrogens with one attached hydrogen (secondary N) is 1. The minimum atomic E-state index is 0.350. The van der Waals surface area contributed by atoms with E-state index in [-0.39, 0.29) is 0 Å². The maximum absolute atomic E-state index is 5.47. The molecule has 1 N–H and O–H groups in total. The van der Waals surface area contributed by atoms with Gasteiger partial charge in [-0.15, -0.1) is 0 Å². The molecule has 1 fully saturated rings. The Labute approximate surface area is 94.2 Å². The summed E-state index contributed by atoms with van der Waals surface area (Å²) in [5.41, 5.74) is 0. The van der Waals surface area contributed by atoms with E-state index in [4.69, 9.17) is 4.74 Å². The van der Waals surface area contributed by atoms with E-state index in [1.165, 1.54) is 25.9 Å². The lowest BCUT2D eigenvalue weighted by Gasteiger charge is -2.24. The van der Waals surface area contributed by atoms with Crippen LogP contribution in [0.3, 0.4) is 0 Å². The summed E-state index contributed by atoms with van der Waals surface area (Å²) in [6, 6.07) is 0.673. The van der Waals surface area contributed by atoms with Crippen LogP contribution < -0.4 is 5.32 Å². The van der Waals surface area contributed by atoms with Gasteiger partial charge in [0.2, 0.25) is 0 Å². The highest BCUT2D eigenvalue weighted by Crippen LogP contribution is 2.10. The van der Waals surface area contributed by atoms with Gasteiger partial charge in [-0.05, 0) is 46.7 Å². The van der Waals surface area contributed by atoms with E-state index < -0.39 is 0 Å². The minimum absolute atomic E-state index is 0.350. The molecular formula is C12H26N2O. The van der Waals surface area contributed by atoms with Crippen LogP contribution in [0.25, 0.3) is 0 Å². The Balaban J connectivity index is 1.94. The molecule has 1 unspecified atom stereocenters. The van der Waals surface area contributed by atoms with Gasteiger partial charge in [0.1, 0.15) is 0 Å². The molecule has 0 aromatic heterocycles. The van der Waals surface area contributed by atoms with Crippen molar-refractivity contribution in [3.8, 4) is 0 Å². The molecule has 0 aliphatic carbocycles. The van der Waals surface area contributed by atoms with Crippen molar-refractivity contribution in [2.75, 3.05) is 32.8 Å². The fourth-order valence-electron chi connectivity index (χ4n) is 1.99. The van der Waals surface area contributed by atoms with Gasteiger partial charge in [-0.25, -0.2) is 0 Å². The third-order valence-electron chi connectivity index (χ3n) is 2.93. The second-order valence-electron chi connectivity index (χ2n) is 4.72. The van der Waals surface area contributed by atoms with Gasteiger partial charge in [0.25, 0.3) is 0 Å². The van der Waals surface area contributed by atoms with E-state index in [1.54, 1.807) is 0 Å². The van der Waals surface area contributed by atoms with Gasteiger partial charge < -0.3 is 10.1 Å². The number of hydrogen-bond donors (Lipinski definition) is 1. The van der Waals surface area contributed by atoms with E-state index in [2.05, 4.69) is 31.0 Å². The first-order valence-electron chi connectivity index (χ1n) is 6.26. The van der Waals surface area contributed by atoms with E-state index >= 15 is 0 Å². The monoisotopic (exact) mass is 214 g/mol. The summed E-state index contributed by atoms with van der Waals surface area (Å²) < 4.78 is 5.47. The Morgan fingerprint density at radius 1 is 1.20 bits per heavy atom. The normalized spacial score (nSPS) is 20.0. The van der Waals surface area contributed by atoms with Crippen LogP contribution in [0.2, 0.25) is 0 Å². The molecule has 90 valence electrons. The minimum Gasteiger partial charge on any atom is -0.377 e. The van der Waals surface area contributed by atoms with Crippen LogP contribution in [-0.4, -0.2) is 49.8 Å². The Morgan fingerprint density at radius 2 is 1.87 bits per heavy atom. The lowest BCUT2D eigenvalue weighted by molar-refractivity contribution is 0.0798. The molecule has 0 spiro atoms. The lowest BCUT2D eigenvalue weighted by atomic mass is 10.3. The van der Waals surface area contributed by atoms with Crippen molar-refractivity contribution in [2.45, 2.75) is 45.8 Å². The molecule has 3 nitrogen and oxygen atoms in total. The second-order valence-corrected chi connectivity index (χ2v) is 4.72. The van der Waals surface area contributed by atoms with Gasteiger partial charge >= 0.3 is 0 Å². The number of rotatable bonds is 7. The van der Waals surface area contributed by atoms with Crippen molar-refractivity contribution < 1.29 is 4.74 Å². The number of hydrogen-bond acceptors (Lipinski definition) is 3. The first-order valence-corrected chi connectivity index (χ1v) is 6.26. The SMILES string of the molecule is CC(C)OCCNCC(C)N1CCCC1. The summed E-state index contributed by atoms with van der Waals surface area (Å²) in [6.45, 7) is 11.9. The van der Waals surface area contributed by atoms with Crippen molar-refractivity contribution in [3.05, 3.63) is 0 Å². The zero-order valence-electron chi connectivity index (χ0n) is 10.5. The standard InChI is InChI=1S/C12H26N2O/c1-11(2)15-9-6-13-10-12(3)14-7-4-5-8-14/h11-13H,4-10H2,1-3H3. The lowest BCUT2D eigenvalue weighted by Crippen LogP contribution is -2.39. The second kappa shape index (κ2) is 7.20. The molecule has 0 amide bonds. The van der Waals surface area contributed by atoms with Crippen LogP contribution in [0.4, 0.5) is 0 Å². The smallest absolute Gasteiger partial charge is 0.0594 e. The van der Waals surface area contributed by atoms with Crippen molar-refractivity contribution in [1.29, 1.82) is 0 Å². The van der Waals surface area contributed by atoms with Gasteiger partial charge in [0.05, 0.1) is 12.7 Å². The van der Waals surface area contributed by atoms with Crippen molar-refractivity contribution in [1.82, 2.24) is 10.2 Å². The molecule has 1 heterocycles. The molecule has 0 bridgehead atoms. The highest BCUT2D eigenvalue weighted by atomic mass is 16.5. The van der Waals surface area contributed by atoms with Crippen molar-refractivity contribution >= 4 is 0 Å². The molecule has 1 atom stereocenters.